The lowest BCUT2D eigenvalue weighted by Crippen LogP contribution is -2.29. The molecular formula is C14H18N4OS2. The molecule has 5 nitrogen and oxygen atoms in total. The average molecular weight is 322 g/mol. The van der Waals surface area contributed by atoms with Crippen LogP contribution in [0.3, 0.4) is 0 Å². The minimum Gasteiger partial charge on any atom is -0.355 e. The lowest BCUT2D eigenvalue weighted by Gasteiger charge is -2.09. The highest BCUT2D eigenvalue weighted by Gasteiger charge is 2.11. The lowest BCUT2D eigenvalue weighted by atomic mass is 10.2. The minimum absolute atomic E-state index is 0.00904. The molecule has 2 heterocycles. The van der Waals surface area contributed by atoms with Crippen LogP contribution < -0.4 is 5.32 Å². The molecule has 0 radical (unpaired) electrons. The zero-order valence-electron chi connectivity index (χ0n) is 12.3. The van der Waals surface area contributed by atoms with Crippen LogP contribution in [-0.2, 0) is 4.79 Å². The fraction of sp³-hybridized carbons (Fsp3) is 0.429. The third-order valence-electron chi connectivity index (χ3n) is 2.77. The molecule has 0 aliphatic carbocycles. The molecule has 0 spiro atoms. The monoisotopic (exact) mass is 322 g/mol. The van der Waals surface area contributed by atoms with Crippen LogP contribution in [0, 0.1) is 13.8 Å². The first-order chi connectivity index (χ1) is 10.0. The second-order valence-corrected chi connectivity index (χ2v) is 6.63. The van der Waals surface area contributed by atoms with Crippen molar-refractivity contribution in [3.63, 3.8) is 0 Å². The van der Waals surface area contributed by atoms with Gasteiger partial charge in [-0.15, -0.1) is 11.3 Å². The molecule has 0 bridgehead atoms. The Balaban J connectivity index is 1.75. The number of thiazole rings is 1. The van der Waals surface area contributed by atoms with E-state index in [2.05, 4.69) is 27.2 Å². The van der Waals surface area contributed by atoms with Crippen LogP contribution >= 0.6 is 23.1 Å². The Kier molecular flexibility index (Phi) is 5.69. The van der Waals surface area contributed by atoms with Crippen molar-refractivity contribution in [1.29, 1.82) is 0 Å². The summed E-state index contributed by atoms with van der Waals surface area (Å²) in [5, 5.41) is 6.64. The Hall–Kier alpha value is -1.47. The summed E-state index contributed by atoms with van der Waals surface area (Å²) in [6.07, 6.45) is 1.70. The number of carbonyl (C=O) groups excluding carboxylic acids is 1. The van der Waals surface area contributed by atoms with E-state index in [1.54, 1.807) is 17.5 Å². The predicted octanol–water partition coefficient (Wildman–Crippen LogP) is 2.56. The Bertz CT molecular complexity index is 615. The highest BCUT2D eigenvalue weighted by atomic mass is 32.2. The van der Waals surface area contributed by atoms with Crippen molar-refractivity contribution in [3.8, 4) is 0 Å². The van der Waals surface area contributed by atoms with Gasteiger partial charge < -0.3 is 5.32 Å². The van der Waals surface area contributed by atoms with Crippen molar-refractivity contribution >= 4 is 29.0 Å². The molecule has 0 aliphatic heterocycles. The maximum atomic E-state index is 11.8. The number of aryl methyl sites for hydroxylation is 2. The molecule has 21 heavy (non-hydrogen) atoms. The predicted molar refractivity (Wildman–Crippen MR) is 85.8 cm³/mol. The van der Waals surface area contributed by atoms with Gasteiger partial charge in [-0.25, -0.2) is 15.0 Å². The molecule has 0 saturated heterocycles. The molecule has 7 heteroatoms. The molecule has 2 aromatic heterocycles. The van der Waals surface area contributed by atoms with Crippen LogP contribution in [0.25, 0.3) is 0 Å². The Morgan fingerprint density at radius 3 is 2.86 bits per heavy atom. The molecule has 0 saturated carbocycles. The normalized spacial score (nSPS) is 12.1. The highest BCUT2D eigenvalue weighted by molar-refractivity contribution is 7.99. The first-order valence-electron chi connectivity index (χ1n) is 6.66. The number of hydrogen-bond donors (Lipinski definition) is 1. The first kappa shape index (κ1) is 15.9. The maximum absolute atomic E-state index is 11.8. The third-order valence-corrected chi connectivity index (χ3v) is 4.82. The molecule has 0 aliphatic rings. The SMILES string of the molecule is Cc1ccnc(SCC(=O)NC[C@@H](C)c2nc(C)cs2)n1. The zero-order chi connectivity index (χ0) is 15.2. The van der Waals surface area contributed by atoms with E-state index in [1.165, 1.54) is 11.8 Å². The van der Waals surface area contributed by atoms with Gasteiger partial charge in [0, 0.05) is 35.4 Å². The van der Waals surface area contributed by atoms with Crippen LogP contribution in [0.15, 0.2) is 22.8 Å². The van der Waals surface area contributed by atoms with E-state index in [0.29, 0.717) is 17.5 Å². The summed E-state index contributed by atoms with van der Waals surface area (Å²) in [6, 6.07) is 1.84. The van der Waals surface area contributed by atoms with Gasteiger partial charge in [0.1, 0.15) is 0 Å². The maximum Gasteiger partial charge on any atom is 0.230 e. The van der Waals surface area contributed by atoms with Crippen LogP contribution in [0.4, 0.5) is 0 Å². The summed E-state index contributed by atoms with van der Waals surface area (Å²) in [5.74, 6) is 0.547. The summed E-state index contributed by atoms with van der Waals surface area (Å²) in [4.78, 5) is 24.6. The number of hydrogen-bond acceptors (Lipinski definition) is 6. The van der Waals surface area contributed by atoms with Crippen molar-refractivity contribution in [3.05, 3.63) is 34.0 Å². The molecule has 0 fully saturated rings. The van der Waals surface area contributed by atoms with Crippen LogP contribution in [0.5, 0.6) is 0 Å². The van der Waals surface area contributed by atoms with E-state index < -0.39 is 0 Å². The number of amides is 1. The van der Waals surface area contributed by atoms with Crippen LogP contribution in [0.2, 0.25) is 0 Å². The van der Waals surface area contributed by atoms with E-state index in [9.17, 15) is 4.79 Å². The molecule has 0 aromatic carbocycles. The number of rotatable bonds is 6. The van der Waals surface area contributed by atoms with Gasteiger partial charge in [-0.1, -0.05) is 18.7 Å². The molecule has 2 aromatic rings. The quantitative estimate of drug-likeness (QED) is 0.654. The van der Waals surface area contributed by atoms with Gasteiger partial charge in [0.2, 0.25) is 5.91 Å². The van der Waals surface area contributed by atoms with Gasteiger partial charge in [0.05, 0.1) is 10.8 Å². The van der Waals surface area contributed by atoms with Crippen LogP contribution in [0.1, 0.15) is 29.2 Å². The van der Waals surface area contributed by atoms with Gasteiger partial charge in [0.15, 0.2) is 5.16 Å². The third kappa shape index (κ3) is 5.09. The smallest absolute Gasteiger partial charge is 0.230 e. The summed E-state index contributed by atoms with van der Waals surface area (Å²) in [6.45, 7) is 6.55. The first-order valence-corrected chi connectivity index (χ1v) is 8.52. The Labute approximate surface area is 132 Å². The summed E-state index contributed by atoms with van der Waals surface area (Å²) in [7, 11) is 0. The Morgan fingerprint density at radius 1 is 1.38 bits per heavy atom. The van der Waals surface area contributed by atoms with Crippen molar-refractivity contribution in [2.75, 3.05) is 12.3 Å². The summed E-state index contributed by atoms with van der Waals surface area (Å²) >= 11 is 2.98. The van der Waals surface area contributed by atoms with E-state index >= 15 is 0 Å². The molecule has 1 atom stereocenters. The van der Waals surface area contributed by atoms with Gasteiger partial charge >= 0.3 is 0 Å². The molecular weight excluding hydrogens is 304 g/mol. The van der Waals surface area contributed by atoms with E-state index in [0.717, 1.165) is 16.4 Å². The zero-order valence-corrected chi connectivity index (χ0v) is 13.9. The number of carbonyl (C=O) groups is 1. The molecule has 1 N–H and O–H groups in total. The number of aromatic nitrogens is 3. The van der Waals surface area contributed by atoms with Crippen molar-refractivity contribution in [2.45, 2.75) is 31.8 Å². The molecule has 2 rings (SSSR count). The Morgan fingerprint density at radius 2 is 2.19 bits per heavy atom. The average Bonchev–Trinajstić information content (AvgIpc) is 2.89. The molecule has 1 amide bonds. The van der Waals surface area contributed by atoms with E-state index in [4.69, 9.17) is 0 Å². The topological polar surface area (TPSA) is 67.8 Å². The summed E-state index contributed by atoms with van der Waals surface area (Å²) < 4.78 is 0. The fourth-order valence-corrected chi connectivity index (χ4v) is 3.19. The second-order valence-electron chi connectivity index (χ2n) is 4.80. The van der Waals surface area contributed by atoms with E-state index in [1.807, 2.05) is 25.3 Å². The minimum atomic E-state index is -0.00904. The standard InChI is InChI=1S/C14H18N4OS2/c1-9(13-17-11(3)7-20-13)6-16-12(19)8-21-14-15-5-4-10(2)18-14/h4-5,7,9H,6,8H2,1-3H3,(H,16,19)/t9-/m1/s1. The number of thioether (sulfide) groups is 1. The van der Waals surface area contributed by atoms with Gasteiger partial charge in [-0.05, 0) is 19.9 Å². The molecule has 112 valence electrons. The van der Waals surface area contributed by atoms with Crippen LogP contribution in [-0.4, -0.2) is 33.2 Å². The van der Waals surface area contributed by atoms with Gasteiger partial charge in [-0.3, -0.25) is 4.79 Å². The summed E-state index contributed by atoms with van der Waals surface area (Å²) in [5.41, 5.74) is 1.93. The van der Waals surface area contributed by atoms with Crippen molar-refractivity contribution in [2.24, 2.45) is 0 Å². The van der Waals surface area contributed by atoms with Crippen molar-refractivity contribution < 1.29 is 4.79 Å². The van der Waals surface area contributed by atoms with Gasteiger partial charge in [-0.2, -0.15) is 0 Å². The number of nitrogens with zero attached hydrogens (tertiary/aromatic N) is 3. The fourth-order valence-electron chi connectivity index (χ4n) is 1.63. The van der Waals surface area contributed by atoms with Gasteiger partial charge in [0.25, 0.3) is 0 Å². The lowest BCUT2D eigenvalue weighted by molar-refractivity contribution is -0.118. The molecule has 0 unspecified atom stereocenters. The second kappa shape index (κ2) is 7.51. The van der Waals surface area contributed by atoms with E-state index in [-0.39, 0.29) is 11.8 Å². The highest BCUT2D eigenvalue weighted by Crippen LogP contribution is 2.19. The van der Waals surface area contributed by atoms with Crippen molar-refractivity contribution in [1.82, 2.24) is 20.3 Å². The largest absolute Gasteiger partial charge is 0.355 e. The number of nitrogens with one attached hydrogen (secondary N) is 1.